The highest BCUT2D eigenvalue weighted by molar-refractivity contribution is 5.77. The Kier molecular flexibility index (Phi) is 5.20. The van der Waals surface area contributed by atoms with Crippen LogP contribution in [0.2, 0.25) is 0 Å². The first kappa shape index (κ1) is 19.0. The Morgan fingerprint density at radius 2 is 1.93 bits per heavy atom. The first-order valence-corrected chi connectivity index (χ1v) is 9.37. The van der Waals surface area contributed by atoms with Crippen molar-refractivity contribution in [2.24, 2.45) is 5.92 Å². The van der Waals surface area contributed by atoms with E-state index >= 15 is 0 Å². The van der Waals surface area contributed by atoms with E-state index in [9.17, 15) is 14.4 Å². The summed E-state index contributed by atoms with van der Waals surface area (Å²) in [5.41, 5.74) is 0.913. The predicted molar refractivity (Wildman–Crippen MR) is 101 cm³/mol. The van der Waals surface area contributed by atoms with E-state index in [-0.39, 0.29) is 36.7 Å². The number of carbonyl (C=O) groups is 2. The van der Waals surface area contributed by atoms with Crippen molar-refractivity contribution in [2.45, 2.75) is 19.4 Å². The van der Waals surface area contributed by atoms with Crippen LogP contribution in [-0.2, 0) is 20.9 Å². The zero-order chi connectivity index (χ0) is 20.4. The molecule has 1 saturated heterocycles. The van der Waals surface area contributed by atoms with Gasteiger partial charge in [-0.2, -0.15) is 0 Å². The minimum atomic E-state index is -0.314. The fourth-order valence-electron chi connectivity index (χ4n) is 3.54. The average molecular weight is 399 g/mol. The highest BCUT2D eigenvalue weighted by Gasteiger charge is 2.28. The van der Waals surface area contributed by atoms with Crippen molar-refractivity contribution in [3.8, 4) is 22.8 Å². The quantitative estimate of drug-likeness (QED) is 0.709. The molecule has 3 heterocycles. The van der Waals surface area contributed by atoms with Crippen molar-refractivity contribution >= 4 is 11.9 Å². The summed E-state index contributed by atoms with van der Waals surface area (Å²) in [5.74, 6) is 0.682. The lowest BCUT2D eigenvalue weighted by molar-refractivity contribution is -0.149. The van der Waals surface area contributed by atoms with E-state index in [1.807, 2.05) is 0 Å². The largest absolute Gasteiger partial charge is 0.469 e. The van der Waals surface area contributed by atoms with Gasteiger partial charge in [-0.25, -0.2) is 4.98 Å². The maximum absolute atomic E-state index is 12.5. The Hall–Kier alpha value is -3.36. The minimum absolute atomic E-state index is 0.0872. The van der Waals surface area contributed by atoms with E-state index in [0.717, 1.165) is 5.56 Å². The number of esters is 1. The second-order valence-electron chi connectivity index (χ2n) is 6.99. The second kappa shape index (κ2) is 7.94. The number of benzene rings is 1. The maximum Gasteiger partial charge on any atom is 0.308 e. The fourth-order valence-corrected chi connectivity index (χ4v) is 3.54. The van der Waals surface area contributed by atoms with Gasteiger partial charge in [0.2, 0.25) is 12.7 Å². The van der Waals surface area contributed by atoms with Gasteiger partial charge in [-0.3, -0.25) is 19.0 Å². The molecule has 1 amide bonds. The molecule has 0 bridgehead atoms. The third kappa shape index (κ3) is 3.94. The molecule has 2 aliphatic rings. The van der Waals surface area contributed by atoms with Crippen molar-refractivity contribution in [1.29, 1.82) is 0 Å². The van der Waals surface area contributed by atoms with Crippen LogP contribution in [0.5, 0.6) is 11.5 Å². The number of amides is 1. The smallest absolute Gasteiger partial charge is 0.308 e. The van der Waals surface area contributed by atoms with E-state index in [1.165, 1.54) is 24.1 Å². The first-order chi connectivity index (χ1) is 14.0. The third-order valence-electron chi connectivity index (χ3n) is 5.24. The van der Waals surface area contributed by atoms with Crippen LogP contribution in [0.25, 0.3) is 11.3 Å². The van der Waals surface area contributed by atoms with E-state index in [2.05, 4.69) is 4.98 Å². The molecule has 152 valence electrons. The van der Waals surface area contributed by atoms with Gasteiger partial charge in [0.1, 0.15) is 6.54 Å². The number of hydrogen-bond acceptors (Lipinski definition) is 7. The number of likely N-dealkylation sites (tertiary alicyclic amines) is 1. The van der Waals surface area contributed by atoms with Crippen molar-refractivity contribution in [2.75, 3.05) is 27.0 Å². The molecule has 2 aromatic rings. The lowest BCUT2D eigenvalue weighted by atomic mass is 9.97. The normalized spacial score (nSPS) is 16.0. The summed E-state index contributed by atoms with van der Waals surface area (Å²) in [5, 5.41) is 0. The van der Waals surface area contributed by atoms with E-state index in [4.69, 9.17) is 14.2 Å². The molecular formula is C20H21N3O6. The number of carbonyl (C=O) groups excluding carboxylic acids is 2. The molecular weight excluding hydrogens is 378 g/mol. The Morgan fingerprint density at radius 1 is 1.17 bits per heavy atom. The van der Waals surface area contributed by atoms with E-state index in [0.29, 0.717) is 43.1 Å². The van der Waals surface area contributed by atoms with Crippen LogP contribution in [0.4, 0.5) is 0 Å². The van der Waals surface area contributed by atoms with Gasteiger partial charge in [0, 0.05) is 24.7 Å². The molecule has 0 unspecified atom stereocenters. The monoisotopic (exact) mass is 399 g/mol. The van der Waals surface area contributed by atoms with Gasteiger partial charge in [-0.15, -0.1) is 0 Å². The summed E-state index contributed by atoms with van der Waals surface area (Å²) in [6.45, 7) is 1.02. The van der Waals surface area contributed by atoms with Crippen LogP contribution in [0.15, 0.2) is 35.4 Å². The molecule has 0 aliphatic carbocycles. The maximum atomic E-state index is 12.5. The zero-order valence-corrected chi connectivity index (χ0v) is 16.0. The molecule has 29 heavy (non-hydrogen) atoms. The number of rotatable bonds is 4. The zero-order valence-electron chi connectivity index (χ0n) is 16.0. The fraction of sp³-hybridized carbons (Fsp3) is 0.400. The summed E-state index contributed by atoms with van der Waals surface area (Å²) in [6, 6.07) is 6.74. The SMILES string of the molecule is COC(=O)C1CCN(C(=O)Cn2cnc(-c3ccc4c(c3)OCO4)cc2=O)CC1. The van der Waals surface area contributed by atoms with Gasteiger partial charge in [0.15, 0.2) is 11.5 Å². The van der Waals surface area contributed by atoms with Gasteiger partial charge in [0.05, 0.1) is 25.0 Å². The van der Waals surface area contributed by atoms with Gasteiger partial charge < -0.3 is 19.1 Å². The molecule has 0 atom stereocenters. The predicted octanol–water partition coefficient (Wildman–Crippen LogP) is 1.05. The number of hydrogen-bond donors (Lipinski definition) is 0. The van der Waals surface area contributed by atoms with Crippen molar-refractivity contribution in [1.82, 2.24) is 14.5 Å². The Bertz CT molecular complexity index is 994. The molecule has 0 N–H and O–H groups in total. The highest BCUT2D eigenvalue weighted by Crippen LogP contribution is 2.35. The Labute approximate surface area is 166 Å². The summed E-state index contributed by atoms with van der Waals surface area (Å²) in [7, 11) is 1.37. The van der Waals surface area contributed by atoms with E-state index < -0.39 is 0 Å². The molecule has 2 aliphatic heterocycles. The summed E-state index contributed by atoms with van der Waals surface area (Å²) in [4.78, 5) is 42.6. The molecule has 0 radical (unpaired) electrons. The molecule has 4 rings (SSSR count). The minimum Gasteiger partial charge on any atom is -0.469 e. The lowest BCUT2D eigenvalue weighted by Crippen LogP contribution is -2.43. The van der Waals surface area contributed by atoms with Gasteiger partial charge >= 0.3 is 5.97 Å². The summed E-state index contributed by atoms with van der Waals surface area (Å²) >= 11 is 0. The molecule has 1 aromatic carbocycles. The molecule has 9 nitrogen and oxygen atoms in total. The number of nitrogens with zero attached hydrogens (tertiary/aromatic N) is 3. The first-order valence-electron chi connectivity index (χ1n) is 9.37. The van der Waals surface area contributed by atoms with Crippen LogP contribution in [0.3, 0.4) is 0 Å². The van der Waals surface area contributed by atoms with Crippen LogP contribution >= 0.6 is 0 Å². The molecule has 0 saturated carbocycles. The molecule has 0 spiro atoms. The van der Waals surface area contributed by atoms with Crippen molar-refractivity contribution in [3.63, 3.8) is 0 Å². The van der Waals surface area contributed by atoms with Crippen molar-refractivity contribution < 1.29 is 23.8 Å². The topological polar surface area (TPSA) is 100.0 Å². The van der Waals surface area contributed by atoms with Crippen LogP contribution in [0.1, 0.15) is 12.8 Å². The van der Waals surface area contributed by atoms with Crippen molar-refractivity contribution in [3.05, 3.63) is 40.9 Å². The molecule has 1 fully saturated rings. The number of aromatic nitrogens is 2. The average Bonchev–Trinajstić information content (AvgIpc) is 3.22. The highest BCUT2D eigenvalue weighted by atomic mass is 16.7. The lowest BCUT2D eigenvalue weighted by Gasteiger charge is -2.30. The van der Waals surface area contributed by atoms with Crippen LogP contribution in [0, 0.1) is 5.92 Å². The third-order valence-corrected chi connectivity index (χ3v) is 5.24. The number of ether oxygens (including phenoxy) is 3. The van der Waals surface area contributed by atoms with Gasteiger partial charge in [-0.1, -0.05) is 0 Å². The standard InChI is InChI=1S/C20H21N3O6/c1-27-20(26)13-4-6-22(7-5-13)19(25)10-23-11-21-15(9-18(23)24)14-2-3-16-17(8-14)29-12-28-16/h2-3,8-9,11,13H,4-7,10,12H2,1H3. The number of fused-ring (bicyclic) bond motifs is 1. The second-order valence-corrected chi connectivity index (χ2v) is 6.99. The number of methoxy groups -OCH3 is 1. The summed E-state index contributed by atoms with van der Waals surface area (Å²) < 4.78 is 16.7. The van der Waals surface area contributed by atoms with E-state index in [1.54, 1.807) is 23.1 Å². The van der Waals surface area contributed by atoms with Gasteiger partial charge in [-0.05, 0) is 31.0 Å². The van der Waals surface area contributed by atoms with Crippen LogP contribution in [-0.4, -0.2) is 53.3 Å². The Morgan fingerprint density at radius 3 is 2.66 bits per heavy atom. The summed E-state index contributed by atoms with van der Waals surface area (Å²) in [6.07, 6.45) is 2.50. The number of piperidine rings is 1. The Balaban J connectivity index is 1.42. The molecule has 1 aromatic heterocycles. The van der Waals surface area contributed by atoms with Gasteiger partial charge in [0.25, 0.3) is 5.56 Å². The molecule has 9 heteroatoms. The van der Waals surface area contributed by atoms with Crippen LogP contribution < -0.4 is 15.0 Å².